The van der Waals surface area contributed by atoms with Crippen molar-refractivity contribution in [2.75, 3.05) is 19.7 Å². The molecule has 3 heterocycles. The topological polar surface area (TPSA) is 58.9 Å². The van der Waals surface area contributed by atoms with E-state index in [1.54, 1.807) is 11.3 Å². The largest absolute Gasteiger partial charge is 0.376 e. The Labute approximate surface area is 140 Å². The van der Waals surface area contributed by atoms with E-state index >= 15 is 0 Å². The molecular formula is C16H24N4O2S. The van der Waals surface area contributed by atoms with Gasteiger partial charge in [0, 0.05) is 37.5 Å². The Kier molecular flexibility index (Phi) is 5.17. The van der Waals surface area contributed by atoms with Crippen molar-refractivity contribution < 1.29 is 9.53 Å². The van der Waals surface area contributed by atoms with Gasteiger partial charge in [0.1, 0.15) is 0 Å². The number of carbonyl (C=O) groups is 1. The van der Waals surface area contributed by atoms with Crippen LogP contribution in [0.2, 0.25) is 0 Å². The molecule has 6 nitrogen and oxygen atoms in total. The summed E-state index contributed by atoms with van der Waals surface area (Å²) in [6.45, 7) is 7.07. The standard InChI is InChI=1S/C16H24N4O2S/c1-12(2)4-7-22-14-3-5-19(11-14)15(21)17-9-13-10-20-6-8-23-16(20)18-13/h6,8,10,12,14H,3-5,7,9,11H2,1-2H3,(H,17,21). The number of aromatic nitrogens is 2. The molecule has 0 aliphatic carbocycles. The molecule has 7 heteroatoms. The first-order valence-electron chi connectivity index (χ1n) is 8.17. The van der Waals surface area contributed by atoms with E-state index < -0.39 is 0 Å². The third kappa shape index (κ3) is 4.23. The molecule has 0 bridgehead atoms. The summed E-state index contributed by atoms with van der Waals surface area (Å²) in [5.74, 6) is 0.653. The average Bonchev–Trinajstić information content (AvgIpc) is 3.19. The van der Waals surface area contributed by atoms with E-state index in [9.17, 15) is 4.79 Å². The minimum atomic E-state index is -0.0312. The van der Waals surface area contributed by atoms with Gasteiger partial charge in [-0.2, -0.15) is 0 Å². The molecule has 3 rings (SSSR count). The summed E-state index contributed by atoms with van der Waals surface area (Å²) in [5.41, 5.74) is 0.883. The van der Waals surface area contributed by atoms with Crippen LogP contribution < -0.4 is 5.32 Å². The van der Waals surface area contributed by atoms with Crippen LogP contribution in [-0.2, 0) is 11.3 Å². The second kappa shape index (κ2) is 7.31. The van der Waals surface area contributed by atoms with Gasteiger partial charge in [-0.1, -0.05) is 13.8 Å². The van der Waals surface area contributed by atoms with Crippen molar-refractivity contribution in [2.45, 2.75) is 39.3 Å². The second-order valence-corrected chi connectivity index (χ2v) is 7.27. The maximum absolute atomic E-state index is 12.2. The summed E-state index contributed by atoms with van der Waals surface area (Å²) in [5, 5.41) is 4.94. The molecule has 0 saturated carbocycles. The molecule has 2 amide bonds. The van der Waals surface area contributed by atoms with E-state index in [4.69, 9.17) is 4.74 Å². The fraction of sp³-hybridized carbons (Fsp3) is 0.625. The number of imidazole rings is 1. The van der Waals surface area contributed by atoms with Gasteiger partial charge in [-0.25, -0.2) is 9.78 Å². The molecule has 0 aromatic carbocycles. The maximum atomic E-state index is 12.2. The number of rotatable bonds is 6. The minimum absolute atomic E-state index is 0.0312. The predicted octanol–water partition coefficient (Wildman–Crippen LogP) is 2.74. The highest BCUT2D eigenvalue weighted by Crippen LogP contribution is 2.15. The van der Waals surface area contributed by atoms with E-state index in [0.29, 0.717) is 19.0 Å². The van der Waals surface area contributed by atoms with Crippen LogP contribution in [0.25, 0.3) is 4.96 Å². The van der Waals surface area contributed by atoms with E-state index in [2.05, 4.69) is 24.1 Å². The van der Waals surface area contributed by atoms with Gasteiger partial charge in [0.2, 0.25) is 0 Å². The van der Waals surface area contributed by atoms with Gasteiger partial charge in [-0.15, -0.1) is 11.3 Å². The SMILES string of the molecule is CC(C)CCOC1CCN(C(=O)NCc2cn3ccsc3n2)C1. The first kappa shape index (κ1) is 16.3. The Balaban J connectivity index is 1.41. The monoisotopic (exact) mass is 336 g/mol. The molecule has 1 unspecified atom stereocenters. The van der Waals surface area contributed by atoms with Gasteiger partial charge in [-0.05, 0) is 18.8 Å². The number of hydrogen-bond acceptors (Lipinski definition) is 4. The van der Waals surface area contributed by atoms with Crippen LogP contribution in [0.15, 0.2) is 17.8 Å². The van der Waals surface area contributed by atoms with Crippen molar-refractivity contribution in [3.63, 3.8) is 0 Å². The lowest BCUT2D eigenvalue weighted by Crippen LogP contribution is -2.38. The summed E-state index contributed by atoms with van der Waals surface area (Å²) in [7, 11) is 0. The zero-order valence-electron chi connectivity index (χ0n) is 13.7. The van der Waals surface area contributed by atoms with Gasteiger partial charge < -0.3 is 15.0 Å². The molecule has 23 heavy (non-hydrogen) atoms. The molecule has 0 spiro atoms. The molecule has 1 aliphatic rings. The number of ether oxygens (including phenoxy) is 1. The lowest BCUT2D eigenvalue weighted by molar-refractivity contribution is 0.0542. The smallest absolute Gasteiger partial charge is 0.317 e. The van der Waals surface area contributed by atoms with Crippen molar-refractivity contribution in [3.05, 3.63) is 23.5 Å². The van der Waals surface area contributed by atoms with Crippen LogP contribution in [0.5, 0.6) is 0 Å². The van der Waals surface area contributed by atoms with E-state index in [1.807, 2.05) is 27.1 Å². The van der Waals surface area contributed by atoms with E-state index in [1.165, 1.54) is 0 Å². The number of nitrogens with zero attached hydrogens (tertiary/aromatic N) is 3. The first-order valence-corrected chi connectivity index (χ1v) is 9.05. The Morgan fingerprint density at radius 3 is 3.22 bits per heavy atom. The average molecular weight is 336 g/mol. The van der Waals surface area contributed by atoms with Crippen molar-refractivity contribution in [2.24, 2.45) is 5.92 Å². The number of nitrogens with one attached hydrogen (secondary N) is 1. The number of thiazole rings is 1. The molecule has 1 aliphatic heterocycles. The highest BCUT2D eigenvalue weighted by molar-refractivity contribution is 7.15. The Morgan fingerprint density at radius 1 is 1.57 bits per heavy atom. The number of urea groups is 1. The van der Waals surface area contributed by atoms with Crippen LogP contribution in [0.4, 0.5) is 4.79 Å². The lowest BCUT2D eigenvalue weighted by atomic mass is 10.1. The molecule has 2 aromatic rings. The first-order chi connectivity index (χ1) is 11.1. The number of carbonyl (C=O) groups excluding carboxylic acids is 1. The fourth-order valence-corrected chi connectivity index (χ4v) is 3.38. The van der Waals surface area contributed by atoms with Crippen molar-refractivity contribution in [1.29, 1.82) is 0 Å². The fourth-order valence-electron chi connectivity index (χ4n) is 2.66. The third-order valence-corrected chi connectivity index (χ3v) is 4.82. The highest BCUT2D eigenvalue weighted by atomic mass is 32.1. The Morgan fingerprint density at radius 2 is 2.43 bits per heavy atom. The summed E-state index contributed by atoms with van der Waals surface area (Å²) in [6, 6.07) is -0.0312. The predicted molar refractivity (Wildman–Crippen MR) is 90.7 cm³/mol. The molecule has 1 fully saturated rings. The number of hydrogen-bond donors (Lipinski definition) is 1. The van der Waals surface area contributed by atoms with Crippen molar-refractivity contribution in [1.82, 2.24) is 19.6 Å². The second-order valence-electron chi connectivity index (χ2n) is 6.39. The number of amides is 2. The van der Waals surface area contributed by atoms with Gasteiger partial charge in [0.05, 0.1) is 18.3 Å². The van der Waals surface area contributed by atoms with Crippen LogP contribution in [0.3, 0.4) is 0 Å². The van der Waals surface area contributed by atoms with Gasteiger partial charge in [0.15, 0.2) is 4.96 Å². The summed E-state index contributed by atoms with van der Waals surface area (Å²) in [4.78, 5) is 19.5. The van der Waals surface area contributed by atoms with Gasteiger partial charge in [-0.3, -0.25) is 4.40 Å². The molecular weight excluding hydrogens is 312 g/mol. The third-order valence-electron chi connectivity index (χ3n) is 4.04. The Hall–Kier alpha value is -1.60. The molecule has 1 N–H and O–H groups in total. The number of likely N-dealkylation sites (tertiary alicyclic amines) is 1. The van der Waals surface area contributed by atoms with E-state index in [-0.39, 0.29) is 12.1 Å². The molecule has 0 radical (unpaired) electrons. The normalized spacial score (nSPS) is 18.2. The van der Waals surface area contributed by atoms with Gasteiger partial charge in [0.25, 0.3) is 0 Å². The number of fused-ring (bicyclic) bond motifs is 1. The van der Waals surface area contributed by atoms with Crippen LogP contribution in [0, 0.1) is 5.92 Å². The minimum Gasteiger partial charge on any atom is -0.376 e. The van der Waals surface area contributed by atoms with Crippen LogP contribution in [0.1, 0.15) is 32.4 Å². The zero-order chi connectivity index (χ0) is 16.2. The van der Waals surface area contributed by atoms with Crippen molar-refractivity contribution >= 4 is 22.3 Å². The zero-order valence-corrected chi connectivity index (χ0v) is 14.5. The van der Waals surface area contributed by atoms with Crippen molar-refractivity contribution in [3.8, 4) is 0 Å². The lowest BCUT2D eigenvalue weighted by Gasteiger charge is -2.17. The molecule has 126 valence electrons. The summed E-state index contributed by atoms with van der Waals surface area (Å²) < 4.78 is 7.82. The Bertz CT molecular complexity index is 623. The van der Waals surface area contributed by atoms with Crippen LogP contribution in [-0.4, -0.2) is 46.1 Å². The molecule has 1 atom stereocenters. The molecule has 2 aromatic heterocycles. The van der Waals surface area contributed by atoms with Crippen LogP contribution >= 0.6 is 11.3 Å². The highest BCUT2D eigenvalue weighted by Gasteiger charge is 2.26. The van der Waals surface area contributed by atoms with E-state index in [0.717, 1.165) is 36.6 Å². The quantitative estimate of drug-likeness (QED) is 0.882. The summed E-state index contributed by atoms with van der Waals surface area (Å²) >= 11 is 1.59. The molecule has 1 saturated heterocycles. The van der Waals surface area contributed by atoms with Gasteiger partial charge >= 0.3 is 6.03 Å². The summed E-state index contributed by atoms with van der Waals surface area (Å²) in [6.07, 6.45) is 6.09. The maximum Gasteiger partial charge on any atom is 0.317 e.